The molecule has 0 saturated carbocycles. The van der Waals surface area contributed by atoms with Gasteiger partial charge >= 0.3 is 0 Å². The van der Waals surface area contributed by atoms with E-state index >= 15 is 0 Å². The monoisotopic (exact) mass is 462 g/mol. The van der Waals surface area contributed by atoms with Gasteiger partial charge in [-0.25, -0.2) is 0 Å². The van der Waals surface area contributed by atoms with Gasteiger partial charge < -0.3 is 19.7 Å². The predicted octanol–water partition coefficient (Wildman–Crippen LogP) is 4.80. The van der Waals surface area contributed by atoms with E-state index in [0.29, 0.717) is 34.2 Å². The Balaban J connectivity index is 1.60. The van der Waals surface area contributed by atoms with Crippen LogP contribution in [0.4, 0.5) is 5.82 Å². The minimum Gasteiger partial charge on any atom is -0.488 e. The van der Waals surface area contributed by atoms with Crippen LogP contribution in [0.25, 0.3) is 0 Å². The molecule has 8 heteroatoms. The molecule has 0 spiro atoms. The van der Waals surface area contributed by atoms with E-state index in [1.807, 2.05) is 32.6 Å². The zero-order valence-electron chi connectivity index (χ0n) is 20.2. The molecule has 34 heavy (non-hydrogen) atoms. The highest BCUT2D eigenvalue weighted by atomic mass is 16.5. The highest BCUT2D eigenvalue weighted by Gasteiger charge is 2.22. The minimum atomic E-state index is -0.461. The molecule has 178 valence electrons. The molecule has 0 bridgehead atoms. The molecule has 2 aromatic carbocycles. The number of amides is 2. The highest BCUT2D eigenvalue weighted by Crippen LogP contribution is 2.35. The summed E-state index contributed by atoms with van der Waals surface area (Å²) in [5.74, 6) is 1.78. The molecule has 8 nitrogen and oxygen atoms in total. The van der Waals surface area contributed by atoms with Crippen LogP contribution in [0.1, 0.15) is 53.5 Å². The van der Waals surface area contributed by atoms with Crippen LogP contribution in [0.15, 0.2) is 48.7 Å². The lowest BCUT2D eigenvalue weighted by molar-refractivity contribution is 0.0651. The summed E-state index contributed by atoms with van der Waals surface area (Å²) in [5, 5.41) is 7.00. The predicted molar refractivity (Wildman–Crippen MR) is 130 cm³/mol. The zero-order valence-corrected chi connectivity index (χ0v) is 20.2. The van der Waals surface area contributed by atoms with Gasteiger partial charge in [0.05, 0.1) is 0 Å². The molecule has 0 aliphatic carbocycles. The fourth-order valence-corrected chi connectivity index (χ4v) is 3.50. The lowest BCUT2D eigenvalue weighted by Crippen LogP contribution is -2.41. The van der Waals surface area contributed by atoms with Gasteiger partial charge in [0.2, 0.25) is 0 Å². The van der Waals surface area contributed by atoms with Crippen molar-refractivity contribution in [2.45, 2.75) is 39.7 Å². The average Bonchev–Trinajstić information content (AvgIpc) is 3.13. The first-order valence-corrected chi connectivity index (χ1v) is 11.3. The molecule has 1 saturated heterocycles. The lowest BCUT2D eigenvalue weighted by atomic mass is 10.1. The van der Waals surface area contributed by atoms with E-state index in [1.165, 1.54) is 0 Å². The Labute approximate surface area is 199 Å². The zero-order chi connectivity index (χ0) is 24.5. The summed E-state index contributed by atoms with van der Waals surface area (Å²) in [6, 6.07) is 12.2. The third-order valence-corrected chi connectivity index (χ3v) is 5.42. The number of nitrogens with zero attached hydrogens (tertiary/aromatic N) is 3. The Morgan fingerprint density at radius 2 is 1.68 bits per heavy atom. The molecular formula is C26H30N4O4. The summed E-state index contributed by atoms with van der Waals surface area (Å²) in [4.78, 5) is 27.2. The van der Waals surface area contributed by atoms with Crippen LogP contribution in [-0.2, 0) is 7.05 Å². The van der Waals surface area contributed by atoms with Crippen molar-refractivity contribution in [1.29, 1.82) is 0 Å². The first kappa shape index (κ1) is 23.4. The largest absolute Gasteiger partial charge is 0.488 e. The third-order valence-electron chi connectivity index (χ3n) is 5.42. The topological polar surface area (TPSA) is 85.7 Å². The molecule has 1 aliphatic heterocycles. The van der Waals surface area contributed by atoms with Crippen LogP contribution in [-0.4, -0.2) is 45.2 Å². The van der Waals surface area contributed by atoms with Gasteiger partial charge in [0.25, 0.3) is 11.8 Å². The van der Waals surface area contributed by atoms with Crippen LogP contribution in [0.3, 0.4) is 0 Å². The van der Waals surface area contributed by atoms with Crippen LogP contribution in [0.5, 0.6) is 17.2 Å². The van der Waals surface area contributed by atoms with Gasteiger partial charge in [0, 0.05) is 49.1 Å². The molecule has 2 heterocycles. The third kappa shape index (κ3) is 5.39. The quantitative estimate of drug-likeness (QED) is 0.569. The number of rotatable bonds is 6. The van der Waals surface area contributed by atoms with E-state index in [1.54, 1.807) is 60.4 Å². The fourth-order valence-electron chi connectivity index (χ4n) is 3.50. The fraction of sp³-hybridized carbons (Fsp3) is 0.346. The van der Waals surface area contributed by atoms with Crippen LogP contribution >= 0.6 is 0 Å². The number of hydrogen-bond acceptors (Lipinski definition) is 5. The van der Waals surface area contributed by atoms with E-state index in [0.717, 1.165) is 25.1 Å². The maximum Gasteiger partial charge on any atom is 0.257 e. The number of likely N-dealkylation sites (tertiary alicyclic amines) is 1. The number of carbonyl (C=O) groups is 2. The lowest BCUT2D eigenvalue weighted by Gasteiger charge is -2.30. The summed E-state index contributed by atoms with van der Waals surface area (Å²) in [7, 11) is 1.78. The molecule has 1 fully saturated rings. The number of carbonyl (C=O) groups excluding carboxylic acids is 2. The normalized spacial score (nSPS) is 13.3. The first-order chi connectivity index (χ1) is 16.1. The molecule has 0 radical (unpaired) electrons. The second-order valence-electron chi connectivity index (χ2n) is 9.41. The van der Waals surface area contributed by atoms with Gasteiger partial charge in [-0.3, -0.25) is 14.3 Å². The van der Waals surface area contributed by atoms with Crippen LogP contribution in [0, 0.1) is 6.92 Å². The smallest absolute Gasteiger partial charge is 0.257 e. The number of nitrogens with one attached hydrogen (secondary N) is 1. The van der Waals surface area contributed by atoms with Crippen LogP contribution in [0.2, 0.25) is 0 Å². The molecule has 1 aromatic heterocycles. The number of aromatic nitrogens is 2. The number of ether oxygens (including phenoxy) is 2. The van der Waals surface area contributed by atoms with E-state index in [9.17, 15) is 9.59 Å². The number of hydrogen-bond donors (Lipinski definition) is 1. The Morgan fingerprint density at radius 3 is 2.24 bits per heavy atom. The van der Waals surface area contributed by atoms with E-state index in [-0.39, 0.29) is 11.8 Å². The van der Waals surface area contributed by atoms with Crippen molar-refractivity contribution in [3.05, 3.63) is 65.4 Å². The van der Waals surface area contributed by atoms with Crippen molar-refractivity contribution in [2.24, 2.45) is 7.05 Å². The van der Waals surface area contributed by atoms with Crippen molar-refractivity contribution in [3.63, 3.8) is 0 Å². The number of aryl methyl sites for hydroxylation is 1. The molecule has 0 atom stereocenters. The van der Waals surface area contributed by atoms with E-state index in [4.69, 9.17) is 9.47 Å². The molecule has 4 rings (SSSR count). The van der Waals surface area contributed by atoms with Crippen LogP contribution < -0.4 is 14.8 Å². The van der Waals surface area contributed by atoms with Gasteiger partial charge in [-0.2, -0.15) is 5.10 Å². The summed E-state index contributed by atoms with van der Waals surface area (Å²) < 4.78 is 13.9. The van der Waals surface area contributed by atoms with Gasteiger partial charge in [-0.1, -0.05) is 0 Å². The number of anilines is 1. The summed E-state index contributed by atoms with van der Waals surface area (Å²) in [6.07, 6.45) is 2.80. The molecule has 1 aliphatic rings. The van der Waals surface area contributed by atoms with Gasteiger partial charge in [0.15, 0.2) is 5.82 Å². The number of benzene rings is 2. The van der Waals surface area contributed by atoms with Gasteiger partial charge in [-0.05, 0) is 70.5 Å². The Kier molecular flexibility index (Phi) is 6.32. The first-order valence-electron chi connectivity index (χ1n) is 11.3. The summed E-state index contributed by atoms with van der Waals surface area (Å²) in [5.41, 5.74) is 1.32. The summed E-state index contributed by atoms with van der Waals surface area (Å²) in [6.45, 7) is 9.34. The second-order valence-corrected chi connectivity index (χ2v) is 9.41. The molecular weight excluding hydrogens is 432 g/mol. The average molecular weight is 463 g/mol. The second kappa shape index (κ2) is 9.21. The Hall–Kier alpha value is -3.81. The molecule has 2 amide bonds. The Bertz CT molecular complexity index is 1200. The standard InChI is InChI=1S/C26H30N4O4/c1-17-21(33-20-9-7-18(8-10-20)25(32)30-12-6-13-30)15-19(16-22(17)34-26(2,3)4)24(31)27-23-11-14-29(5)28-23/h7-11,14-16H,6,12-13H2,1-5H3,(H,27,28,31). The van der Waals surface area contributed by atoms with E-state index < -0.39 is 5.60 Å². The highest BCUT2D eigenvalue weighted by molar-refractivity contribution is 6.04. The van der Waals surface area contributed by atoms with E-state index in [2.05, 4.69) is 10.4 Å². The van der Waals surface area contributed by atoms with Crippen molar-refractivity contribution >= 4 is 17.6 Å². The van der Waals surface area contributed by atoms with Crippen molar-refractivity contribution in [3.8, 4) is 17.2 Å². The van der Waals surface area contributed by atoms with Crippen molar-refractivity contribution in [2.75, 3.05) is 18.4 Å². The van der Waals surface area contributed by atoms with Gasteiger partial charge in [-0.15, -0.1) is 0 Å². The summed E-state index contributed by atoms with van der Waals surface area (Å²) >= 11 is 0. The molecule has 0 unspecified atom stereocenters. The maximum atomic E-state index is 13.0. The Morgan fingerprint density at radius 1 is 1.00 bits per heavy atom. The SMILES string of the molecule is Cc1c(Oc2ccc(C(=O)N3CCC3)cc2)cc(C(=O)Nc2ccn(C)n2)cc1OC(C)(C)C. The minimum absolute atomic E-state index is 0.0306. The molecule has 3 aromatic rings. The van der Waals surface area contributed by atoms with Crippen molar-refractivity contribution in [1.82, 2.24) is 14.7 Å². The van der Waals surface area contributed by atoms with Crippen molar-refractivity contribution < 1.29 is 19.1 Å². The van der Waals surface area contributed by atoms with Gasteiger partial charge in [0.1, 0.15) is 22.8 Å². The maximum absolute atomic E-state index is 13.0. The molecule has 1 N–H and O–H groups in total.